The molecule has 1 aromatic carbocycles. The van der Waals surface area contributed by atoms with Gasteiger partial charge >= 0.3 is 5.97 Å². The van der Waals surface area contributed by atoms with Crippen LogP contribution in [0.3, 0.4) is 0 Å². The monoisotopic (exact) mass is 448 g/mol. The maximum atomic E-state index is 12.7. The third kappa shape index (κ3) is 4.62. The Morgan fingerprint density at radius 3 is 2.32 bits per heavy atom. The minimum Gasteiger partial charge on any atom is -0.459 e. The van der Waals surface area contributed by atoms with Crippen LogP contribution in [0.25, 0.3) is 0 Å². The summed E-state index contributed by atoms with van der Waals surface area (Å²) in [7, 11) is -3.03. The summed E-state index contributed by atoms with van der Waals surface area (Å²) < 4.78 is 34.5. The fourth-order valence-electron chi connectivity index (χ4n) is 3.99. The summed E-state index contributed by atoms with van der Waals surface area (Å²) in [6.07, 6.45) is 1.56. The Morgan fingerprint density at radius 1 is 1.06 bits per heavy atom. The van der Waals surface area contributed by atoms with Crippen molar-refractivity contribution in [2.24, 2.45) is 5.92 Å². The number of rotatable bonds is 3. The second-order valence-corrected chi connectivity index (χ2v) is 11.4. The molecule has 2 saturated heterocycles. The number of anilines is 1. The van der Waals surface area contributed by atoms with Crippen LogP contribution in [-0.2, 0) is 24.1 Å². The molecule has 168 valence electrons. The van der Waals surface area contributed by atoms with Crippen LogP contribution in [-0.4, -0.2) is 74.6 Å². The van der Waals surface area contributed by atoms with Gasteiger partial charge in [0, 0.05) is 36.6 Å². The number of hydrogen-bond donors (Lipinski definition) is 0. The van der Waals surface area contributed by atoms with Crippen LogP contribution in [0.1, 0.15) is 31.1 Å². The minimum absolute atomic E-state index is 0.0129. The van der Waals surface area contributed by atoms with Crippen LogP contribution in [0.5, 0.6) is 0 Å². The van der Waals surface area contributed by atoms with Gasteiger partial charge in [-0.25, -0.2) is 8.42 Å². The molecule has 2 atom stereocenters. The van der Waals surface area contributed by atoms with Crippen molar-refractivity contribution in [3.8, 4) is 0 Å². The molecular formula is C22H28N2O6S. The van der Waals surface area contributed by atoms with Crippen molar-refractivity contribution in [3.63, 3.8) is 0 Å². The molecule has 8 nitrogen and oxygen atoms in total. The highest BCUT2D eigenvalue weighted by atomic mass is 32.2. The predicted octanol–water partition coefficient (Wildman–Crippen LogP) is 1.62. The van der Waals surface area contributed by atoms with Crippen LogP contribution in [0.15, 0.2) is 36.0 Å². The molecule has 2 unspecified atom stereocenters. The van der Waals surface area contributed by atoms with Crippen LogP contribution < -0.4 is 4.90 Å². The molecule has 1 amide bonds. The van der Waals surface area contributed by atoms with Crippen LogP contribution >= 0.6 is 0 Å². The summed E-state index contributed by atoms with van der Waals surface area (Å²) in [5.74, 6) is -0.826. The lowest BCUT2D eigenvalue weighted by molar-refractivity contribution is -0.164. The summed E-state index contributed by atoms with van der Waals surface area (Å²) in [5.41, 5.74) is 1.83. The highest BCUT2D eigenvalue weighted by Crippen LogP contribution is 2.39. The molecule has 1 aliphatic carbocycles. The van der Waals surface area contributed by atoms with E-state index in [-0.39, 0.29) is 42.6 Å². The Morgan fingerprint density at radius 2 is 1.71 bits per heavy atom. The molecule has 1 aromatic rings. The summed E-state index contributed by atoms with van der Waals surface area (Å²) in [6, 6.07) is 7.27. The Hall–Kier alpha value is -2.39. The lowest BCUT2D eigenvalue weighted by atomic mass is 9.85. The quantitative estimate of drug-likeness (QED) is 0.649. The van der Waals surface area contributed by atoms with E-state index in [1.54, 1.807) is 17.0 Å². The number of morpholine rings is 1. The highest BCUT2D eigenvalue weighted by molar-refractivity contribution is 7.91. The Kier molecular flexibility index (Phi) is 5.59. The van der Waals surface area contributed by atoms with Crippen LogP contribution in [0, 0.1) is 5.92 Å². The van der Waals surface area contributed by atoms with Gasteiger partial charge in [-0.2, -0.15) is 0 Å². The first-order valence-electron chi connectivity index (χ1n) is 10.5. The van der Waals surface area contributed by atoms with Gasteiger partial charge in [0.05, 0.1) is 18.1 Å². The van der Waals surface area contributed by atoms with E-state index < -0.39 is 21.4 Å². The summed E-state index contributed by atoms with van der Waals surface area (Å²) in [6.45, 7) is 7.13. The number of benzene rings is 1. The number of fused-ring (bicyclic) bond motifs is 1. The number of esters is 1. The van der Waals surface area contributed by atoms with Gasteiger partial charge in [-0.15, -0.1) is 0 Å². The van der Waals surface area contributed by atoms with Gasteiger partial charge < -0.3 is 19.3 Å². The molecule has 4 rings (SSSR count). The van der Waals surface area contributed by atoms with E-state index >= 15 is 0 Å². The molecule has 0 aromatic heterocycles. The van der Waals surface area contributed by atoms with Crippen molar-refractivity contribution >= 4 is 27.4 Å². The minimum atomic E-state index is -3.03. The second kappa shape index (κ2) is 7.94. The zero-order valence-electron chi connectivity index (χ0n) is 18.0. The van der Waals surface area contributed by atoms with E-state index in [1.807, 2.05) is 39.0 Å². The van der Waals surface area contributed by atoms with Crippen molar-refractivity contribution in [3.05, 3.63) is 41.6 Å². The first-order chi connectivity index (χ1) is 14.5. The predicted molar refractivity (Wildman–Crippen MR) is 116 cm³/mol. The van der Waals surface area contributed by atoms with Crippen LogP contribution in [0.4, 0.5) is 5.69 Å². The maximum Gasteiger partial charge on any atom is 0.316 e. The van der Waals surface area contributed by atoms with Crippen molar-refractivity contribution in [2.75, 3.05) is 42.6 Å². The fourth-order valence-corrected chi connectivity index (χ4v) is 5.19. The summed E-state index contributed by atoms with van der Waals surface area (Å²) in [5, 5.41) is 0. The Balaban J connectivity index is 1.44. The van der Waals surface area contributed by atoms with E-state index in [4.69, 9.17) is 9.47 Å². The lowest BCUT2D eigenvalue weighted by Gasteiger charge is -2.45. The third-order valence-corrected chi connectivity index (χ3v) is 7.24. The molecule has 0 radical (unpaired) electrons. The number of sulfone groups is 1. The first kappa shape index (κ1) is 21.8. The number of nitrogens with zero attached hydrogens (tertiary/aromatic N) is 2. The average molecular weight is 449 g/mol. The molecule has 9 heteroatoms. The molecule has 0 saturated carbocycles. The van der Waals surface area contributed by atoms with E-state index in [0.717, 1.165) is 11.4 Å². The third-order valence-electron chi connectivity index (χ3n) is 5.63. The lowest BCUT2D eigenvalue weighted by Crippen LogP contribution is -2.52. The average Bonchev–Trinajstić information content (AvgIpc) is 2.67. The van der Waals surface area contributed by atoms with E-state index in [9.17, 15) is 18.0 Å². The Labute approximate surface area is 182 Å². The highest BCUT2D eigenvalue weighted by Gasteiger charge is 2.45. The molecular weight excluding hydrogens is 420 g/mol. The largest absolute Gasteiger partial charge is 0.459 e. The number of amides is 1. The van der Waals surface area contributed by atoms with E-state index in [0.29, 0.717) is 18.7 Å². The molecule has 31 heavy (non-hydrogen) atoms. The summed E-state index contributed by atoms with van der Waals surface area (Å²) >= 11 is 0. The molecule has 0 bridgehead atoms. The van der Waals surface area contributed by atoms with Crippen molar-refractivity contribution in [2.45, 2.75) is 32.5 Å². The normalized spacial score (nSPS) is 25.2. The van der Waals surface area contributed by atoms with Gasteiger partial charge in [0.25, 0.3) is 5.91 Å². The number of hydrogen-bond acceptors (Lipinski definition) is 7. The topological polar surface area (TPSA) is 93.2 Å². The molecule has 0 N–H and O–H groups in total. The SMILES string of the molecule is CC(C)(C)OC(=O)C1C=C2C1OCCN2c1ccc(C(=O)N2CCS(=O)(=O)CC2)cc1. The smallest absolute Gasteiger partial charge is 0.316 e. The van der Waals surface area contributed by atoms with Gasteiger partial charge in [0.15, 0.2) is 9.84 Å². The van der Waals surface area contributed by atoms with Crippen molar-refractivity contribution in [1.82, 2.24) is 4.90 Å². The fraction of sp³-hybridized carbons (Fsp3) is 0.545. The van der Waals surface area contributed by atoms with Gasteiger partial charge in [-0.3, -0.25) is 9.59 Å². The van der Waals surface area contributed by atoms with Crippen molar-refractivity contribution < 1.29 is 27.5 Å². The standard InChI is InChI=1S/C22H28N2O6S/c1-22(2,3)30-21(26)17-14-18-19(17)29-11-8-24(18)16-6-4-15(5-7-16)20(25)23-9-12-31(27,28)13-10-23/h4-7,14,17,19H,8-13H2,1-3H3. The van der Waals surface area contributed by atoms with Gasteiger partial charge in [-0.1, -0.05) is 0 Å². The Bertz CT molecular complexity index is 995. The zero-order valence-corrected chi connectivity index (χ0v) is 18.9. The molecule has 2 aliphatic heterocycles. The maximum absolute atomic E-state index is 12.7. The molecule has 3 aliphatic rings. The first-order valence-corrected chi connectivity index (χ1v) is 12.3. The van der Waals surface area contributed by atoms with E-state index in [2.05, 4.69) is 4.90 Å². The molecule has 0 spiro atoms. The number of carbonyl (C=O) groups is 2. The van der Waals surface area contributed by atoms with Crippen LogP contribution in [0.2, 0.25) is 0 Å². The number of ether oxygens (including phenoxy) is 2. The van der Waals surface area contributed by atoms with Gasteiger partial charge in [0.2, 0.25) is 0 Å². The van der Waals surface area contributed by atoms with E-state index in [1.165, 1.54) is 0 Å². The summed E-state index contributed by atoms with van der Waals surface area (Å²) in [4.78, 5) is 28.8. The number of carbonyl (C=O) groups excluding carboxylic acids is 2. The van der Waals surface area contributed by atoms with Gasteiger partial charge in [-0.05, 0) is 51.1 Å². The molecule has 2 fully saturated rings. The molecule has 2 heterocycles. The van der Waals surface area contributed by atoms with Gasteiger partial charge in [0.1, 0.15) is 17.6 Å². The second-order valence-electron chi connectivity index (χ2n) is 9.08. The zero-order chi connectivity index (χ0) is 22.4. The van der Waals surface area contributed by atoms with Crippen molar-refractivity contribution in [1.29, 1.82) is 0 Å².